The maximum Gasteiger partial charge on any atom is 0.416 e. The molecule has 8 heteroatoms. The summed E-state index contributed by atoms with van der Waals surface area (Å²) in [5.74, 6) is 0.316. The van der Waals surface area contributed by atoms with Gasteiger partial charge in [-0.05, 0) is 17.7 Å². The molecule has 5 nitrogen and oxygen atoms in total. The highest BCUT2D eigenvalue weighted by atomic mass is 19.4. The van der Waals surface area contributed by atoms with Gasteiger partial charge in [-0.25, -0.2) is 4.99 Å². The Bertz CT molecular complexity index is 609. The molecule has 1 rings (SSSR count). The van der Waals surface area contributed by atoms with Crippen molar-refractivity contribution in [3.8, 4) is 0 Å². The number of carbonyl (C=O) groups is 1. The lowest BCUT2D eigenvalue weighted by molar-refractivity contribution is -0.137. The number of nitrogens with zero attached hydrogens (tertiary/aromatic N) is 3. The Balaban J connectivity index is 2.83. The fourth-order valence-corrected chi connectivity index (χ4v) is 1.91. The van der Waals surface area contributed by atoms with Gasteiger partial charge < -0.3 is 15.1 Å². The summed E-state index contributed by atoms with van der Waals surface area (Å²) in [5, 5.41) is 3.03. The van der Waals surface area contributed by atoms with E-state index in [-0.39, 0.29) is 12.5 Å². The predicted molar refractivity (Wildman–Crippen MR) is 92.1 cm³/mol. The third-order valence-electron chi connectivity index (χ3n) is 3.33. The molecule has 0 heterocycles. The normalized spacial score (nSPS) is 11.8. The molecule has 0 aliphatic heterocycles. The van der Waals surface area contributed by atoms with Crippen LogP contribution >= 0.6 is 0 Å². The van der Waals surface area contributed by atoms with Gasteiger partial charge in [0, 0.05) is 34.2 Å². The van der Waals surface area contributed by atoms with E-state index < -0.39 is 11.7 Å². The van der Waals surface area contributed by atoms with Crippen LogP contribution in [0.15, 0.2) is 41.9 Å². The number of nitrogens with one attached hydrogen (secondary N) is 1. The van der Waals surface area contributed by atoms with E-state index in [4.69, 9.17) is 0 Å². The molecule has 1 N–H and O–H groups in total. The van der Waals surface area contributed by atoms with Crippen LogP contribution in [0.25, 0.3) is 0 Å². The van der Waals surface area contributed by atoms with Crippen molar-refractivity contribution in [1.29, 1.82) is 0 Å². The highest BCUT2D eigenvalue weighted by molar-refractivity contribution is 5.84. The average molecular weight is 356 g/mol. The lowest BCUT2D eigenvalue weighted by Gasteiger charge is -2.22. The van der Waals surface area contributed by atoms with E-state index in [1.165, 1.54) is 17.0 Å². The minimum absolute atomic E-state index is 0.0240. The molecule has 0 radical (unpaired) electrons. The van der Waals surface area contributed by atoms with Crippen LogP contribution < -0.4 is 5.32 Å². The fraction of sp³-hybridized carbons (Fsp3) is 0.412. The zero-order chi connectivity index (χ0) is 19.0. The number of rotatable bonds is 6. The Morgan fingerprint density at radius 2 is 1.84 bits per heavy atom. The van der Waals surface area contributed by atoms with E-state index in [9.17, 15) is 18.0 Å². The maximum absolute atomic E-state index is 12.6. The van der Waals surface area contributed by atoms with Gasteiger partial charge in [0.2, 0.25) is 5.91 Å². The molecular weight excluding hydrogens is 333 g/mol. The van der Waals surface area contributed by atoms with Crippen molar-refractivity contribution in [2.75, 3.05) is 34.2 Å². The Kier molecular flexibility index (Phi) is 7.47. The van der Waals surface area contributed by atoms with Gasteiger partial charge in [0.1, 0.15) is 6.54 Å². The first-order chi connectivity index (χ1) is 11.6. The second kappa shape index (κ2) is 9.10. The molecule has 0 aliphatic carbocycles. The summed E-state index contributed by atoms with van der Waals surface area (Å²) in [5.41, 5.74) is 0.0108. The molecular formula is C17H23F3N4O. The summed E-state index contributed by atoms with van der Waals surface area (Å²) in [7, 11) is 5.02. The molecule has 0 aliphatic rings. The number of hydrogen-bond acceptors (Lipinski definition) is 2. The largest absolute Gasteiger partial charge is 0.416 e. The van der Waals surface area contributed by atoms with Crippen molar-refractivity contribution in [2.24, 2.45) is 4.99 Å². The molecule has 0 spiro atoms. The van der Waals surface area contributed by atoms with Crippen molar-refractivity contribution >= 4 is 11.9 Å². The second-order valence-electron chi connectivity index (χ2n) is 5.65. The van der Waals surface area contributed by atoms with Crippen LogP contribution in [-0.2, 0) is 17.5 Å². The summed E-state index contributed by atoms with van der Waals surface area (Å²) >= 11 is 0. The number of amides is 1. The molecule has 1 aromatic rings. The van der Waals surface area contributed by atoms with E-state index >= 15 is 0 Å². The number of halogens is 3. The van der Waals surface area contributed by atoms with Crippen LogP contribution in [0.5, 0.6) is 0 Å². The standard InChI is InChI=1S/C17H23F3N4O/c1-5-10-21-16(22-11-15(25)23(2)3)24(4)12-13-6-8-14(9-7-13)17(18,19)20/h5-9H,1,10-12H2,2-4H3,(H,21,22). The van der Waals surface area contributed by atoms with E-state index in [2.05, 4.69) is 16.9 Å². The molecule has 0 unspecified atom stereocenters. The molecule has 0 aromatic heterocycles. The number of aliphatic imine (C=N–C) groups is 1. The van der Waals surface area contributed by atoms with Crippen molar-refractivity contribution in [1.82, 2.24) is 15.1 Å². The number of hydrogen-bond donors (Lipinski definition) is 1. The molecule has 0 atom stereocenters. The molecule has 0 saturated carbocycles. The lowest BCUT2D eigenvalue weighted by Crippen LogP contribution is -2.39. The van der Waals surface area contributed by atoms with Gasteiger partial charge in [-0.2, -0.15) is 13.2 Å². The van der Waals surface area contributed by atoms with Crippen LogP contribution in [0.1, 0.15) is 11.1 Å². The molecule has 1 amide bonds. The highest BCUT2D eigenvalue weighted by Crippen LogP contribution is 2.29. The summed E-state index contributed by atoms with van der Waals surface area (Å²) in [4.78, 5) is 19.1. The van der Waals surface area contributed by atoms with Gasteiger partial charge in [0.05, 0.1) is 5.56 Å². The second-order valence-corrected chi connectivity index (χ2v) is 5.65. The first-order valence-corrected chi connectivity index (χ1v) is 7.61. The Labute approximate surface area is 145 Å². The minimum Gasteiger partial charge on any atom is -0.353 e. The molecule has 25 heavy (non-hydrogen) atoms. The highest BCUT2D eigenvalue weighted by Gasteiger charge is 2.29. The van der Waals surface area contributed by atoms with Gasteiger partial charge in [-0.15, -0.1) is 6.58 Å². The van der Waals surface area contributed by atoms with Crippen molar-refractivity contribution < 1.29 is 18.0 Å². The maximum atomic E-state index is 12.6. The third-order valence-corrected chi connectivity index (χ3v) is 3.33. The Morgan fingerprint density at radius 1 is 1.24 bits per heavy atom. The Hall–Kier alpha value is -2.51. The van der Waals surface area contributed by atoms with E-state index in [1.54, 1.807) is 32.1 Å². The number of benzene rings is 1. The van der Waals surface area contributed by atoms with Crippen LogP contribution in [0.4, 0.5) is 13.2 Å². The van der Waals surface area contributed by atoms with Gasteiger partial charge in [0.25, 0.3) is 0 Å². The molecule has 0 saturated heterocycles. The summed E-state index contributed by atoms with van der Waals surface area (Å²) in [6.45, 7) is 4.39. The van der Waals surface area contributed by atoms with Crippen molar-refractivity contribution in [3.05, 3.63) is 48.0 Å². The van der Waals surface area contributed by atoms with Gasteiger partial charge >= 0.3 is 6.18 Å². The summed E-state index contributed by atoms with van der Waals surface area (Å²) in [6, 6.07) is 4.95. The lowest BCUT2D eigenvalue weighted by atomic mass is 10.1. The summed E-state index contributed by atoms with van der Waals surface area (Å²) in [6.07, 6.45) is -2.70. The van der Waals surface area contributed by atoms with Crippen molar-refractivity contribution in [3.63, 3.8) is 0 Å². The van der Waals surface area contributed by atoms with Gasteiger partial charge in [-0.1, -0.05) is 18.2 Å². The van der Waals surface area contributed by atoms with Crippen LogP contribution in [0, 0.1) is 0 Å². The van der Waals surface area contributed by atoms with Gasteiger partial charge in [-0.3, -0.25) is 4.79 Å². The molecule has 1 aromatic carbocycles. The average Bonchev–Trinajstić information content (AvgIpc) is 2.54. The first-order valence-electron chi connectivity index (χ1n) is 7.61. The first kappa shape index (κ1) is 20.5. The monoisotopic (exact) mass is 356 g/mol. The van der Waals surface area contributed by atoms with Gasteiger partial charge in [0.15, 0.2) is 5.96 Å². The number of alkyl halides is 3. The number of carbonyl (C=O) groups excluding carboxylic acids is 1. The minimum atomic E-state index is -4.35. The quantitative estimate of drug-likeness (QED) is 0.484. The Morgan fingerprint density at radius 3 is 2.32 bits per heavy atom. The zero-order valence-corrected chi connectivity index (χ0v) is 14.6. The van der Waals surface area contributed by atoms with Crippen molar-refractivity contribution in [2.45, 2.75) is 12.7 Å². The predicted octanol–water partition coefficient (Wildman–Crippen LogP) is 2.36. The number of guanidine groups is 1. The summed E-state index contributed by atoms with van der Waals surface area (Å²) < 4.78 is 37.8. The van der Waals surface area contributed by atoms with Crippen LogP contribution in [0.3, 0.4) is 0 Å². The smallest absolute Gasteiger partial charge is 0.353 e. The zero-order valence-electron chi connectivity index (χ0n) is 14.6. The van der Waals surface area contributed by atoms with E-state index in [1.807, 2.05) is 0 Å². The fourth-order valence-electron chi connectivity index (χ4n) is 1.91. The van der Waals surface area contributed by atoms with E-state index in [0.29, 0.717) is 24.6 Å². The third kappa shape index (κ3) is 6.86. The molecule has 0 bridgehead atoms. The van der Waals surface area contributed by atoms with Crippen LogP contribution in [0.2, 0.25) is 0 Å². The number of likely N-dealkylation sites (N-methyl/N-ethyl adjacent to an activating group) is 1. The molecule has 0 fully saturated rings. The SMILES string of the molecule is C=CCNC(=NCC(=O)N(C)C)N(C)Cc1ccc(C(F)(F)F)cc1. The topological polar surface area (TPSA) is 47.9 Å². The van der Waals surface area contributed by atoms with Crippen LogP contribution in [-0.4, -0.2) is 55.9 Å². The molecule has 138 valence electrons. The van der Waals surface area contributed by atoms with E-state index in [0.717, 1.165) is 12.1 Å².